The van der Waals surface area contributed by atoms with Gasteiger partial charge in [0.05, 0.1) is 11.5 Å². The van der Waals surface area contributed by atoms with Gasteiger partial charge >= 0.3 is 64.8 Å². The molecule has 2 rings (SSSR count). The van der Waals surface area contributed by atoms with E-state index in [1.807, 2.05) is 0 Å². The molecule has 62 valence electrons. The first-order chi connectivity index (χ1) is 5.66. The summed E-state index contributed by atoms with van der Waals surface area (Å²) < 4.78 is 0. The molecule has 0 spiro atoms. The smallest absolute Gasteiger partial charge is 0.857 e. The Morgan fingerprint density at radius 1 is 1.07 bits per heavy atom. The Balaban J connectivity index is 0.000000845. The summed E-state index contributed by atoms with van der Waals surface area (Å²) >= 11 is 0. The van der Waals surface area contributed by atoms with Gasteiger partial charge in [0.25, 0.3) is 0 Å². The molecule has 0 radical (unpaired) electrons. The Bertz CT molecular complexity index is 493. The van der Waals surface area contributed by atoms with Gasteiger partial charge in [-0.05, 0) is 0 Å². The third-order valence-electron chi connectivity index (χ3n) is 1.33. The average molecular weight is 212 g/mol. The van der Waals surface area contributed by atoms with Crippen LogP contribution >= 0.6 is 0 Å². The minimum atomic E-state index is -0.900. The summed E-state index contributed by atoms with van der Waals surface area (Å²) in [6, 6.07) is -0.900. The standard InChI is InChI=1S/C5H4N4O3.2Na/c10-3-1-2(7-4(11)6-1)8-5(12)9-3;;/h(H4,6,7,8,9,10,11,12);;/q;2*+1/p-2. The topological polar surface area (TPSA) is 121 Å². The van der Waals surface area contributed by atoms with E-state index in [-0.39, 0.29) is 70.3 Å². The number of H-pyrrole nitrogens is 2. The van der Waals surface area contributed by atoms with Crippen LogP contribution in [0, 0.1) is 0 Å². The number of rotatable bonds is 0. The number of hydrogen-bond donors (Lipinski definition) is 2. The van der Waals surface area contributed by atoms with E-state index in [1.54, 1.807) is 0 Å². The van der Waals surface area contributed by atoms with Gasteiger partial charge in [0.2, 0.25) is 0 Å². The van der Waals surface area contributed by atoms with Gasteiger partial charge in [-0.15, -0.1) is 0 Å². The number of aromatic amines is 2. The summed E-state index contributed by atoms with van der Waals surface area (Å²) in [7, 11) is 0. The summed E-state index contributed by atoms with van der Waals surface area (Å²) in [6.07, 6.45) is 0. The van der Waals surface area contributed by atoms with Crippen LogP contribution < -0.4 is 75.0 Å². The average Bonchev–Trinajstić information content (AvgIpc) is 2.29. The van der Waals surface area contributed by atoms with Crippen molar-refractivity contribution in [1.82, 2.24) is 19.9 Å². The van der Waals surface area contributed by atoms with E-state index in [1.165, 1.54) is 0 Å². The second kappa shape index (κ2) is 5.15. The molecule has 7 nitrogen and oxygen atoms in total. The molecule has 0 saturated carbocycles. The first kappa shape index (κ1) is 13.9. The van der Waals surface area contributed by atoms with Crippen molar-refractivity contribution in [1.29, 1.82) is 0 Å². The number of nitrogens with zero attached hydrogens (tertiary/aromatic N) is 2. The maximum absolute atomic E-state index is 10.9. The summed E-state index contributed by atoms with van der Waals surface area (Å²) in [4.78, 5) is 21.3. The monoisotopic (exact) mass is 212 g/mol. The van der Waals surface area contributed by atoms with Crippen LogP contribution in [0.4, 0.5) is 0 Å². The fourth-order valence-electron chi connectivity index (χ4n) is 0.876. The van der Waals surface area contributed by atoms with Crippen molar-refractivity contribution in [3.8, 4) is 11.9 Å². The van der Waals surface area contributed by atoms with E-state index >= 15 is 0 Å². The number of aromatic nitrogens is 4. The van der Waals surface area contributed by atoms with Crippen molar-refractivity contribution in [2.75, 3.05) is 0 Å². The van der Waals surface area contributed by atoms with Crippen molar-refractivity contribution in [3.63, 3.8) is 0 Å². The zero-order valence-electron chi connectivity index (χ0n) is 7.62. The Morgan fingerprint density at radius 3 is 2.36 bits per heavy atom. The molecule has 0 amide bonds. The quantitative estimate of drug-likeness (QED) is 0.420. The predicted octanol–water partition coefficient (Wildman–Crippen LogP) is -8.20. The van der Waals surface area contributed by atoms with Crippen LogP contribution in [0.2, 0.25) is 0 Å². The van der Waals surface area contributed by atoms with Gasteiger partial charge in [0, 0.05) is 5.88 Å². The zero-order chi connectivity index (χ0) is 8.72. The molecule has 2 aromatic rings. The van der Waals surface area contributed by atoms with Gasteiger partial charge in [-0.2, -0.15) is 0 Å². The van der Waals surface area contributed by atoms with E-state index in [4.69, 9.17) is 0 Å². The summed E-state index contributed by atoms with van der Waals surface area (Å²) in [5, 5.41) is 21.4. The molecule has 2 N–H and O–H groups in total. The van der Waals surface area contributed by atoms with Crippen LogP contribution in [-0.4, -0.2) is 19.9 Å². The first-order valence-electron chi connectivity index (χ1n) is 3.01. The Kier molecular flexibility index (Phi) is 5.13. The third kappa shape index (κ3) is 2.50. The van der Waals surface area contributed by atoms with Crippen LogP contribution in [0.5, 0.6) is 11.9 Å². The van der Waals surface area contributed by atoms with Crippen molar-refractivity contribution >= 4 is 11.2 Å². The van der Waals surface area contributed by atoms with E-state index in [0.29, 0.717) is 0 Å². The van der Waals surface area contributed by atoms with E-state index in [0.717, 1.165) is 0 Å². The minimum absolute atomic E-state index is 0. The maximum Gasteiger partial charge on any atom is 1.00 e. The van der Waals surface area contributed by atoms with Crippen molar-refractivity contribution in [3.05, 3.63) is 10.5 Å². The summed E-state index contributed by atoms with van der Waals surface area (Å²) in [5.41, 5.74) is -0.702. The molecule has 0 aliphatic heterocycles. The molecule has 2 heterocycles. The maximum atomic E-state index is 10.9. The molecule has 0 aromatic carbocycles. The molecule has 2 aromatic heterocycles. The molecule has 9 heteroatoms. The minimum Gasteiger partial charge on any atom is -0.857 e. The molecule has 0 atom stereocenters. The number of imidazole rings is 1. The van der Waals surface area contributed by atoms with Gasteiger partial charge in [-0.3, -0.25) is 9.97 Å². The predicted molar refractivity (Wildman–Crippen MR) is 33.4 cm³/mol. The molecule has 0 saturated heterocycles. The molecular formula is C5H2N4Na2O3. The normalized spacial score (nSPS) is 9.14. The molecule has 0 unspecified atom stereocenters. The third-order valence-corrected chi connectivity index (χ3v) is 1.33. The van der Waals surface area contributed by atoms with E-state index in [2.05, 4.69) is 19.9 Å². The number of hydrogen-bond acceptors (Lipinski definition) is 5. The van der Waals surface area contributed by atoms with Crippen molar-refractivity contribution in [2.24, 2.45) is 0 Å². The second-order valence-corrected chi connectivity index (χ2v) is 2.11. The van der Waals surface area contributed by atoms with Gasteiger partial charge < -0.3 is 15.2 Å². The SMILES string of the molecule is O=c1[nH]c2nc([O-])nc([O-])c2[nH]1.[Na+].[Na+]. The molecule has 0 aliphatic rings. The van der Waals surface area contributed by atoms with Gasteiger partial charge in [0.1, 0.15) is 0 Å². The van der Waals surface area contributed by atoms with E-state index in [9.17, 15) is 15.0 Å². The summed E-state index contributed by atoms with van der Waals surface area (Å²) in [5.74, 6) is -0.775. The fourth-order valence-corrected chi connectivity index (χ4v) is 0.876. The van der Waals surface area contributed by atoms with Gasteiger partial charge in [-0.25, -0.2) is 9.78 Å². The molecule has 14 heavy (non-hydrogen) atoms. The van der Waals surface area contributed by atoms with Crippen molar-refractivity contribution < 1.29 is 69.3 Å². The summed E-state index contributed by atoms with van der Waals surface area (Å²) in [6.45, 7) is 0. The second-order valence-electron chi connectivity index (χ2n) is 2.11. The largest absolute Gasteiger partial charge is 1.00 e. The fraction of sp³-hybridized carbons (Fsp3) is 0. The first-order valence-corrected chi connectivity index (χ1v) is 3.01. The van der Waals surface area contributed by atoms with Gasteiger partial charge in [-0.1, -0.05) is 0 Å². The zero-order valence-corrected chi connectivity index (χ0v) is 11.6. The molecule has 0 aliphatic carbocycles. The Labute approximate surface area is 122 Å². The Morgan fingerprint density at radius 2 is 1.71 bits per heavy atom. The number of nitrogens with one attached hydrogen (secondary N) is 2. The molecule has 0 bridgehead atoms. The van der Waals surface area contributed by atoms with Crippen LogP contribution in [0.3, 0.4) is 0 Å². The Hall–Kier alpha value is -0.0500. The van der Waals surface area contributed by atoms with Crippen molar-refractivity contribution in [2.45, 2.75) is 0 Å². The van der Waals surface area contributed by atoms with Crippen LogP contribution in [0.15, 0.2) is 4.79 Å². The number of fused-ring (bicyclic) bond motifs is 1. The van der Waals surface area contributed by atoms with Crippen LogP contribution in [0.1, 0.15) is 0 Å². The van der Waals surface area contributed by atoms with Gasteiger partial charge in [0.15, 0.2) is 5.65 Å². The molecular weight excluding hydrogens is 210 g/mol. The van der Waals surface area contributed by atoms with Crippen LogP contribution in [-0.2, 0) is 0 Å². The molecule has 0 fully saturated rings. The van der Waals surface area contributed by atoms with E-state index < -0.39 is 17.6 Å². The van der Waals surface area contributed by atoms with Crippen LogP contribution in [0.25, 0.3) is 11.2 Å².